The van der Waals surface area contributed by atoms with Gasteiger partial charge in [0.2, 0.25) is 5.91 Å². The Kier molecular flexibility index (Phi) is 5.41. The largest absolute Gasteiger partial charge is 0.480 e. The van der Waals surface area contributed by atoms with E-state index in [1.165, 1.54) is 13.1 Å². The van der Waals surface area contributed by atoms with E-state index < -0.39 is 17.6 Å². The van der Waals surface area contributed by atoms with Crippen LogP contribution in [0, 0.1) is 11.6 Å². The molecule has 0 heterocycles. The summed E-state index contributed by atoms with van der Waals surface area (Å²) in [6, 6.07) is 3.60. The lowest BCUT2D eigenvalue weighted by Crippen LogP contribution is -2.31. The number of aryl methyl sites for hydroxylation is 1. The Hall–Kier alpha value is -1.98. The van der Waals surface area contributed by atoms with Gasteiger partial charge in [0.05, 0.1) is 0 Å². The fourth-order valence-corrected chi connectivity index (χ4v) is 1.62. The highest BCUT2D eigenvalue weighted by Crippen LogP contribution is 2.11. The minimum absolute atomic E-state index is 0.169. The predicted octanol–water partition coefficient (Wildman–Crippen LogP) is 1.83. The van der Waals surface area contributed by atoms with Crippen molar-refractivity contribution in [3.63, 3.8) is 0 Å². The SMILES string of the molecule is CN(CC(=O)O)C(=O)CCCc1ccc(F)c(F)c1. The molecule has 19 heavy (non-hydrogen) atoms. The van der Waals surface area contributed by atoms with Crippen LogP contribution in [0.3, 0.4) is 0 Å². The van der Waals surface area contributed by atoms with Crippen molar-refractivity contribution >= 4 is 11.9 Å². The molecule has 0 bridgehead atoms. The number of carbonyl (C=O) groups is 2. The highest BCUT2D eigenvalue weighted by Gasteiger charge is 2.11. The van der Waals surface area contributed by atoms with E-state index in [1.807, 2.05) is 0 Å². The molecular formula is C13H15F2NO3. The average Bonchev–Trinajstić information content (AvgIpc) is 2.32. The first-order valence-electron chi connectivity index (χ1n) is 5.80. The molecule has 0 aliphatic carbocycles. The molecule has 0 radical (unpaired) electrons. The lowest BCUT2D eigenvalue weighted by atomic mass is 10.1. The fraction of sp³-hybridized carbons (Fsp3) is 0.385. The number of carboxylic acid groups (broad SMARTS) is 1. The number of benzene rings is 1. The van der Waals surface area contributed by atoms with Crippen molar-refractivity contribution in [2.24, 2.45) is 0 Å². The molecule has 4 nitrogen and oxygen atoms in total. The maximum Gasteiger partial charge on any atom is 0.323 e. The van der Waals surface area contributed by atoms with Gasteiger partial charge in [-0.2, -0.15) is 0 Å². The van der Waals surface area contributed by atoms with Gasteiger partial charge in [0.1, 0.15) is 6.54 Å². The molecular weight excluding hydrogens is 256 g/mol. The summed E-state index contributed by atoms with van der Waals surface area (Å²) in [5, 5.41) is 8.52. The third-order valence-corrected chi connectivity index (χ3v) is 2.64. The lowest BCUT2D eigenvalue weighted by molar-refractivity contribution is -0.143. The number of carboxylic acids is 1. The average molecular weight is 271 g/mol. The van der Waals surface area contributed by atoms with Crippen molar-refractivity contribution in [3.8, 4) is 0 Å². The Bertz CT molecular complexity index is 477. The summed E-state index contributed by atoms with van der Waals surface area (Å²) >= 11 is 0. The van der Waals surface area contributed by atoms with Crippen molar-refractivity contribution < 1.29 is 23.5 Å². The molecule has 1 aromatic rings. The molecule has 0 aliphatic rings. The minimum atomic E-state index is -1.07. The Morgan fingerprint density at radius 2 is 1.95 bits per heavy atom. The van der Waals surface area contributed by atoms with Crippen LogP contribution in [0.4, 0.5) is 8.78 Å². The second-order valence-corrected chi connectivity index (χ2v) is 4.25. The molecule has 1 rings (SSSR count). The number of amides is 1. The number of hydrogen-bond acceptors (Lipinski definition) is 2. The summed E-state index contributed by atoms with van der Waals surface area (Å²) in [5.41, 5.74) is 0.604. The van der Waals surface area contributed by atoms with Crippen LogP contribution in [0.5, 0.6) is 0 Å². The number of aliphatic carboxylic acids is 1. The maximum atomic E-state index is 12.9. The second kappa shape index (κ2) is 6.82. The molecule has 0 fully saturated rings. The Morgan fingerprint density at radius 3 is 2.53 bits per heavy atom. The topological polar surface area (TPSA) is 57.6 Å². The van der Waals surface area contributed by atoms with Crippen molar-refractivity contribution in [1.82, 2.24) is 4.90 Å². The lowest BCUT2D eigenvalue weighted by Gasteiger charge is -2.14. The second-order valence-electron chi connectivity index (χ2n) is 4.25. The van der Waals surface area contributed by atoms with Gasteiger partial charge in [-0.05, 0) is 30.5 Å². The highest BCUT2D eigenvalue weighted by molar-refractivity contribution is 5.80. The first kappa shape index (κ1) is 15.1. The van der Waals surface area contributed by atoms with Crippen LogP contribution in [0.25, 0.3) is 0 Å². The van der Waals surface area contributed by atoms with E-state index in [0.29, 0.717) is 18.4 Å². The number of carbonyl (C=O) groups excluding carboxylic acids is 1. The highest BCUT2D eigenvalue weighted by atomic mass is 19.2. The third kappa shape index (κ3) is 5.03. The molecule has 0 unspecified atom stereocenters. The number of likely N-dealkylation sites (N-methyl/N-ethyl adjacent to an activating group) is 1. The number of halogens is 2. The van der Waals surface area contributed by atoms with Gasteiger partial charge in [-0.3, -0.25) is 9.59 Å². The summed E-state index contributed by atoms with van der Waals surface area (Å²) in [6.07, 6.45) is 1.06. The van der Waals surface area contributed by atoms with E-state index in [4.69, 9.17) is 5.11 Å². The van der Waals surface area contributed by atoms with Crippen LogP contribution in [-0.4, -0.2) is 35.5 Å². The summed E-state index contributed by atoms with van der Waals surface area (Å²) in [4.78, 5) is 23.0. The molecule has 104 valence electrons. The van der Waals surface area contributed by atoms with E-state index in [0.717, 1.165) is 17.0 Å². The van der Waals surface area contributed by atoms with Crippen molar-refractivity contribution in [1.29, 1.82) is 0 Å². The molecule has 6 heteroatoms. The smallest absolute Gasteiger partial charge is 0.323 e. The first-order valence-corrected chi connectivity index (χ1v) is 5.80. The quantitative estimate of drug-likeness (QED) is 0.858. The molecule has 1 N–H and O–H groups in total. The Morgan fingerprint density at radius 1 is 1.26 bits per heavy atom. The van der Waals surface area contributed by atoms with Crippen LogP contribution in [0.15, 0.2) is 18.2 Å². The zero-order valence-corrected chi connectivity index (χ0v) is 10.5. The zero-order valence-electron chi connectivity index (χ0n) is 10.5. The molecule has 0 saturated carbocycles. The van der Waals surface area contributed by atoms with Crippen molar-refractivity contribution in [2.75, 3.05) is 13.6 Å². The van der Waals surface area contributed by atoms with E-state index >= 15 is 0 Å². The van der Waals surface area contributed by atoms with Gasteiger partial charge < -0.3 is 10.0 Å². The van der Waals surface area contributed by atoms with E-state index in [9.17, 15) is 18.4 Å². The monoisotopic (exact) mass is 271 g/mol. The molecule has 0 aromatic heterocycles. The standard InChI is InChI=1S/C13H15F2NO3/c1-16(8-13(18)19)12(17)4-2-3-9-5-6-10(14)11(15)7-9/h5-7H,2-4,8H2,1H3,(H,18,19). The zero-order chi connectivity index (χ0) is 14.4. The third-order valence-electron chi connectivity index (χ3n) is 2.64. The first-order chi connectivity index (χ1) is 8.90. The Labute approximate surface area is 109 Å². The van der Waals surface area contributed by atoms with Gasteiger partial charge >= 0.3 is 5.97 Å². The van der Waals surface area contributed by atoms with Crippen LogP contribution in [0.2, 0.25) is 0 Å². The van der Waals surface area contributed by atoms with Gasteiger partial charge in [-0.25, -0.2) is 8.78 Å². The summed E-state index contributed by atoms with van der Waals surface area (Å²) < 4.78 is 25.6. The summed E-state index contributed by atoms with van der Waals surface area (Å²) in [6.45, 7) is -0.343. The van der Waals surface area contributed by atoms with Gasteiger partial charge in [0, 0.05) is 13.5 Å². The van der Waals surface area contributed by atoms with E-state index in [2.05, 4.69) is 0 Å². The number of hydrogen-bond donors (Lipinski definition) is 1. The van der Waals surface area contributed by atoms with Crippen LogP contribution >= 0.6 is 0 Å². The Balaban J connectivity index is 2.39. The molecule has 0 spiro atoms. The molecule has 0 saturated heterocycles. The van der Waals surface area contributed by atoms with Gasteiger partial charge in [-0.1, -0.05) is 6.07 Å². The fourth-order valence-electron chi connectivity index (χ4n) is 1.62. The minimum Gasteiger partial charge on any atom is -0.480 e. The van der Waals surface area contributed by atoms with Crippen molar-refractivity contribution in [2.45, 2.75) is 19.3 Å². The number of rotatable bonds is 6. The summed E-state index contributed by atoms with van der Waals surface area (Å²) in [7, 11) is 1.41. The van der Waals surface area contributed by atoms with E-state index in [-0.39, 0.29) is 18.9 Å². The van der Waals surface area contributed by atoms with Crippen molar-refractivity contribution in [3.05, 3.63) is 35.4 Å². The predicted molar refractivity (Wildman–Crippen MR) is 64.6 cm³/mol. The van der Waals surface area contributed by atoms with E-state index in [1.54, 1.807) is 0 Å². The van der Waals surface area contributed by atoms with Gasteiger partial charge in [0.25, 0.3) is 0 Å². The molecule has 0 atom stereocenters. The van der Waals surface area contributed by atoms with Gasteiger partial charge in [0.15, 0.2) is 11.6 Å². The van der Waals surface area contributed by atoms with Crippen LogP contribution < -0.4 is 0 Å². The van der Waals surface area contributed by atoms with Crippen LogP contribution in [-0.2, 0) is 16.0 Å². The molecule has 1 amide bonds. The summed E-state index contributed by atoms with van der Waals surface area (Å²) in [5.74, 6) is -3.17. The van der Waals surface area contributed by atoms with Crippen LogP contribution in [0.1, 0.15) is 18.4 Å². The molecule has 0 aliphatic heterocycles. The maximum absolute atomic E-state index is 12.9. The normalized spacial score (nSPS) is 10.3. The van der Waals surface area contributed by atoms with Gasteiger partial charge in [-0.15, -0.1) is 0 Å². The number of nitrogens with zero attached hydrogens (tertiary/aromatic N) is 1. The molecule has 1 aromatic carbocycles.